The molecule has 1 heterocycles. The van der Waals surface area contributed by atoms with Crippen molar-refractivity contribution in [3.05, 3.63) is 17.5 Å². The van der Waals surface area contributed by atoms with E-state index in [1.807, 2.05) is 13.8 Å². The van der Waals surface area contributed by atoms with Crippen LogP contribution in [-0.2, 0) is 0 Å². The van der Waals surface area contributed by atoms with Gasteiger partial charge in [-0.3, -0.25) is 4.79 Å². The van der Waals surface area contributed by atoms with E-state index in [-0.39, 0.29) is 11.3 Å². The minimum atomic E-state index is -0.142. The number of hydrogen-bond acceptors (Lipinski definition) is 4. The highest BCUT2D eigenvalue weighted by Gasteiger charge is 2.25. The lowest BCUT2D eigenvalue weighted by Crippen LogP contribution is -2.39. The van der Waals surface area contributed by atoms with Crippen LogP contribution in [0.5, 0.6) is 0 Å². The van der Waals surface area contributed by atoms with Crippen molar-refractivity contribution >= 4 is 5.91 Å². The smallest absolute Gasteiger partial charge is 0.292 e. The normalized spacial score (nSPS) is 11.9. The Morgan fingerprint density at radius 2 is 2.05 bits per heavy atom. The van der Waals surface area contributed by atoms with Crippen molar-refractivity contribution in [3.63, 3.8) is 0 Å². The van der Waals surface area contributed by atoms with Crippen LogP contribution in [0, 0.1) is 5.41 Å². The van der Waals surface area contributed by atoms with Crippen LogP contribution in [0.4, 0.5) is 0 Å². The van der Waals surface area contributed by atoms with E-state index >= 15 is 0 Å². The molecule has 1 aromatic rings. The standard InChI is InChI=1S/C15H27N3O2/c1-6-11(7-2)12-8-13(20-17-12)14(19)18(5)10-15(3,4)9-16/h8,11H,6-7,9-10,16H2,1-5H3. The van der Waals surface area contributed by atoms with Crippen molar-refractivity contribution in [1.29, 1.82) is 0 Å². The fourth-order valence-corrected chi connectivity index (χ4v) is 2.26. The largest absolute Gasteiger partial charge is 0.351 e. The van der Waals surface area contributed by atoms with E-state index in [1.54, 1.807) is 18.0 Å². The number of aromatic nitrogens is 1. The average molecular weight is 281 g/mol. The number of hydrogen-bond donors (Lipinski definition) is 1. The molecule has 5 heteroatoms. The summed E-state index contributed by atoms with van der Waals surface area (Å²) in [6.07, 6.45) is 1.99. The zero-order valence-electron chi connectivity index (χ0n) is 13.3. The van der Waals surface area contributed by atoms with Crippen LogP contribution in [0.1, 0.15) is 62.7 Å². The molecule has 0 saturated heterocycles. The first-order valence-electron chi connectivity index (χ1n) is 7.26. The molecule has 0 radical (unpaired) electrons. The zero-order chi connectivity index (χ0) is 15.3. The number of carbonyl (C=O) groups is 1. The van der Waals surface area contributed by atoms with Crippen molar-refractivity contribution < 1.29 is 9.32 Å². The van der Waals surface area contributed by atoms with Crippen LogP contribution in [0.2, 0.25) is 0 Å². The molecule has 1 aromatic heterocycles. The molecule has 0 aliphatic rings. The minimum Gasteiger partial charge on any atom is -0.351 e. The van der Waals surface area contributed by atoms with Crippen LogP contribution in [-0.4, -0.2) is 36.1 Å². The molecular weight excluding hydrogens is 254 g/mol. The van der Waals surface area contributed by atoms with Crippen LogP contribution < -0.4 is 5.73 Å². The predicted octanol–water partition coefficient (Wildman–Crippen LogP) is 2.64. The maximum absolute atomic E-state index is 12.3. The molecule has 0 aliphatic heterocycles. The predicted molar refractivity (Wildman–Crippen MR) is 79.6 cm³/mol. The second-order valence-electron chi connectivity index (χ2n) is 6.16. The molecule has 20 heavy (non-hydrogen) atoms. The fourth-order valence-electron chi connectivity index (χ4n) is 2.26. The summed E-state index contributed by atoms with van der Waals surface area (Å²) < 4.78 is 5.21. The summed E-state index contributed by atoms with van der Waals surface area (Å²) in [4.78, 5) is 13.9. The van der Waals surface area contributed by atoms with Gasteiger partial charge in [-0.05, 0) is 24.8 Å². The van der Waals surface area contributed by atoms with E-state index in [1.165, 1.54) is 0 Å². The maximum atomic E-state index is 12.3. The first kappa shape index (κ1) is 16.7. The van der Waals surface area contributed by atoms with E-state index in [0.29, 0.717) is 24.8 Å². The summed E-state index contributed by atoms with van der Waals surface area (Å²) in [5.41, 5.74) is 6.46. The van der Waals surface area contributed by atoms with Crippen molar-refractivity contribution in [3.8, 4) is 0 Å². The zero-order valence-corrected chi connectivity index (χ0v) is 13.3. The van der Waals surface area contributed by atoms with Gasteiger partial charge >= 0.3 is 0 Å². The summed E-state index contributed by atoms with van der Waals surface area (Å²) >= 11 is 0. The quantitative estimate of drug-likeness (QED) is 0.834. The number of nitrogens with two attached hydrogens (primary N) is 1. The third-order valence-corrected chi connectivity index (χ3v) is 3.71. The van der Waals surface area contributed by atoms with Gasteiger partial charge in [-0.1, -0.05) is 32.9 Å². The lowest BCUT2D eigenvalue weighted by atomic mass is 9.93. The average Bonchev–Trinajstić information content (AvgIpc) is 2.88. The van der Waals surface area contributed by atoms with Crippen LogP contribution in [0.3, 0.4) is 0 Å². The maximum Gasteiger partial charge on any atom is 0.292 e. The van der Waals surface area contributed by atoms with Gasteiger partial charge in [0.2, 0.25) is 5.76 Å². The Hall–Kier alpha value is -1.36. The lowest BCUT2D eigenvalue weighted by molar-refractivity contribution is 0.0699. The van der Waals surface area contributed by atoms with Crippen LogP contribution in [0.15, 0.2) is 10.6 Å². The molecule has 0 spiro atoms. The molecule has 0 atom stereocenters. The van der Waals surface area contributed by atoms with Crippen molar-refractivity contribution in [2.45, 2.75) is 46.5 Å². The van der Waals surface area contributed by atoms with E-state index in [4.69, 9.17) is 10.3 Å². The lowest BCUT2D eigenvalue weighted by Gasteiger charge is -2.28. The minimum absolute atomic E-state index is 0.108. The molecule has 5 nitrogen and oxygen atoms in total. The van der Waals surface area contributed by atoms with E-state index in [0.717, 1.165) is 18.5 Å². The Morgan fingerprint density at radius 3 is 2.55 bits per heavy atom. The summed E-state index contributed by atoms with van der Waals surface area (Å²) in [5.74, 6) is 0.518. The molecule has 1 rings (SSSR count). The van der Waals surface area contributed by atoms with Gasteiger partial charge < -0.3 is 15.2 Å². The Kier molecular flexibility index (Phi) is 5.74. The highest BCUT2D eigenvalue weighted by molar-refractivity contribution is 5.91. The molecule has 1 amide bonds. The van der Waals surface area contributed by atoms with Gasteiger partial charge in [-0.25, -0.2) is 0 Å². The molecule has 0 aromatic carbocycles. The molecular formula is C15H27N3O2. The van der Waals surface area contributed by atoms with Gasteiger partial charge in [0.05, 0.1) is 5.69 Å². The van der Waals surface area contributed by atoms with Crippen molar-refractivity contribution in [1.82, 2.24) is 10.1 Å². The first-order valence-corrected chi connectivity index (χ1v) is 7.26. The van der Waals surface area contributed by atoms with E-state index in [9.17, 15) is 4.79 Å². The topological polar surface area (TPSA) is 72.4 Å². The number of carbonyl (C=O) groups excluding carboxylic acids is 1. The monoisotopic (exact) mass is 281 g/mol. The van der Waals surface area contributed by atoms with E-state index in [2.05, 4.69) is 19.0 Å². The molecule has 0 unspecified atom stereocenters. The third-order valence-electron chi connectivity index (χ3n) is 3.71. The van der Waals surface area contributed by atoms with Crippen LogP contribution in [0.25, 0.3) is 0 Å². The van der Waals surface area contributed by atoms with Crippen molar-refractivity contribution in [2.75, 3.05) is 20.1 Å². The molecule has 0 fully saturated rings. The Morgan fingerprint density at radius 1 is 1.45 bits per heavy atom. The Bertz CT molecular complexity index is 436. The van der Waals surface area contributed by atoms with E-state index < -0.39 is 0 Å². The number of nitrogens with zero attached hydrogens (tertiary/aromatic N) is 2. The first-order chi connectivity index (χ1) is 9.34. The van der Waals surface area contributed by atoms with Gasteiger partial charge in [0.1, 0.15) is 0 Å². The summed E-state index contributed by atoms with van der Waals surface area (Å²) in [6.45, 7) is 9.41. The van der Waals surface area contributed by atoms with Gasteiger partial charge in [-0.2, -0.15) is 0 Å². The summed E-state index contributed by atoms with van der Waals surface area (Å²) in [6, 6.07) is 1.77. The van der Waals surface area contributed by atoms with Gasteiger partial charge in [0, 0.05) is 25.6 Å². The molecule has 0 saturated carbocycles. The molecule has 114 valence electrons. The highest BCUT2D eigenvalue weighted by atomic mass is 16.5. The Balaban J connectivity index is 2.78. The van der Waals surface area contributed by atoms with Gasteiger partial charge in [-0.15, -0.1) is 0 Å². The second kappa shape index (κ2) is 6.88. The second-order valence-corrected chi connectivity index (χ2v) is 6.16. The fraction of sp³-hybridized carbons (Fsp3) is 0.733. The molecule has 2 N–H and O–H groups in total. The SMILES string of the molecule is CCC(CC)c1cc(C(=O)N(C)CC(C)(C)CN)on1. The molecule has 0 aliphatic carbocycles. The summed E-state index contributed by atoms with van der Waals surface area (Å²) in [7, 11) is 1.76. The molecule has 0 bridgehead atoms. The Labute approximate surface area is 121 Å². The summed E-state index contributed by atoms with van der Waals surface area (Å²) in [5, 5.41) is 4.03. The highest BCUT2D eigenvalue weighted by Crippen LogP contribution is 2.23. The van der Waals surface area contributed by atoms with Gasteiger partial charge in [0.25, 0.3) is 5.91 Å². The number of rotatable bonds is 7. The van der Waals surface area contributed by atoms with Crippen LogP contribution >= 0.6 is 0 Å². The van der Waals surface area contributed by atoms with Crippen molar-refractivity contribution in [2.24, 2.45) is 11.1 Å². The number of amides is 1. The third kappa shape index (κ3) is 4.07. The van der Waals surface area contributed by atoms with Gasteiger partial charge in [0.15, 0.2) is 0 Å².